The standard InChI is InChI=1S/C16H20BrN3/c1-3-20-14(15(17)11(2)19-20)10-16(18)8-12-6-4-5-7-13(12)9-16/h4-7H,3,8-10,18H2,1-2H3. The molecule has 0 radical (unpaired) electrons. The molecule has 0 spiro atoms. The van der Waals surface area contributed by atoms with E-state index in [1.54, 1.807) is 0 Å². The number of halogens is 1. The fourth-order valence-electron chi connectivity index (χ4n) is 3.22. The van der Waals surface area contributed by atoms with Crippen LogP contribution in [0.2, 0.25) is 0 Å². The summed E-state index contributed by atoms with van der Waals surface area (Å²) in [6.07, 6.45) is 2.75. The summed E-state index contributed by atoms with van der Waals surface area (Å²) >= 11 is 3.67. The third-order valence-electron chi connectivity index (χ3n) is 4.18. The summed E-state index contributed by atoms with van der Waals surface area (Å²) in [6.45, 7) is 5.03. The lowest BCUT2D eigenvalue weighted by Crippen LogP contribution is -2.43. The van der Waals surface area contributed by atoms with Crippen LogP contribution < -0.4 is 5.73 Å². The molecule has 2 N–H and O–H groups in total. The van der Waals surface area contributed by atoms with E-state index < -0.39 is 0 Å². The Balaban J connectivity index is 1.90. The van der Waals surface area contributed by atoms with Gasteiger partial charge >= 0.3 is 0 Å². The van der Waals surface area contributed by atoms with Crippen LogP contribution in [-0.4, -0.2) is 15.3 Å². The molecule has 4 heteroatoms. The highest BCUT2D eigenvalue weighted by atomic mass is 79.9. The molecule has 0 fully saturated rings. The largest absolute Gasteiger partial charge is 0.324 e. The number of nitrogens with zero attached hydrogens (tertiary/aromatic N) is 2. The zero-order chi connectivity index (χ0) is 14.3. The Morgan fingerprint density at radius 3 is 2.45 bits per heavy atom. The van der Waals surface area contributed by atoms with Gasteiger partial charge in [-0.25, -0.2) is 0 Å². The molecule has 0 saturated carbocycles. The van der Waals surface area contributed by atoms with Gasteiger partial charge in [0.1, 0.15) is 0 Å². The van der Waals surface area contributed by atoms with Crippen molar-refractivity contribution in [2.75, 3.05) is 0 Å². The SMILES string of the molecule is CCn1nc(C)c(Br)c1CC1(N)Cc2ccccc2C1. The lowest BCUT2D eigenvalue weighted by molar-refractivity contribution is 0.426. The molecule has 0 aliphatic heterocycles. The summed E-state index contributed by atoms with van der Waals surface area (Å²) in [6, 6.07) is 8.59. The molecule has 0 bridgehead atoms. The number of aryl methyl sites for hydroxylation is 2. The van der Waals surface area contributed by atoms with Gasteiger partial charge in [0.15, 0.2) is 0 Å². The average molecular weight is 334 g/mol. The maximum atomic E-state index is 6.68. The lowest BCUT2D eigenvalue weighted by Gasteiger charge is -2.24. The zero-order valence-corrected chi connectivity index (χ0v) is 13.6. The summed E-state index contributed by atoms with van der Waals surface area (Å²) in [4.78, 5) is 0. The van der Waals surface area contributed by atoms with Crippen LogP contribution in [0.3, 0.4) is 0 Å². The number of rotatable bonds is 3. The van der Waals surface area contributed by atoms with Gasteiger partial charge in [-0.15, -0.1) is 0 Å². The first-order valence-electron chi connectivity index (χ1n) is 7.10. The van der Waals surface area contributed by atoms with E-state index in [1.807, 2.05) is 6.92 Å². The summed E-state index contributed by atoms with van der Waals surface area (Å²) in [7, 11) is 0. The van der Waals surface area contributed by atoms with Gasteiger partial charge in [-0.2, -0.15) is 5.10 Å². The van der Waals surface area contributed by atoms with Crippen molar-refractivity contribution in [2.24, 2.45) is 5.73 Å². The second-order valence-corrected chi connectivity index (χ2v) is 6.62. The number of hydrogen-bond acceptors (Lipinski definition) is 2. The van der Waals surface area contributed by atoms with E-state index in [0.29, 0.717) is 0 Å². The van der Waals surface area contributed by atoms with Crippen LogP contribution in [0.4, 0.5) is 0 Å². The molecule has 1 aromatic heterocycles. The van der Waals surface area contributed by atoms with Crippen molar-refractivity contribution in [1.29, 1.82) is 0 Å². The molecule has 0 saturated heterocycles. The molecule has 1 heterocycles. The van der Waals surface area contributed by atoms with Crippen LogP contribution in [0.5, 0.6) is 0 Å². The number of benzene rings is 1. The van der Waals surface area contributed by atoms with Crippen molar-refractivity contribution in [1.82, 2.24) is 9.78 Å². The molecule has 20 heavy (non-hydrogen) atoms. The van der Waals surface area contributed by atoms with Crippen molar-refractivity contribution in [3.63, 3.8) is 0 Å². The normalized spacial score (nSPS) is 16.4. The first-order valence-corrected chi connectivity index (χ1v) is 7.89. The Bertz CT molecular complexity index is 620. The lowest BCUT2D eigenvalue weighted by atomic mass is 9.91. The third-order valence-corrected chi connectivity index (χ3v) is 5.21. The first-order chi connectivity index (χ1) is 9.52. The molecular formula is C16H20BrN3. The fourth-order valence-corrected chi connectivity index (χ4v) is 3.64. The Morgan fingerprint density at radius 2 is 1.90 bits per heavy atom. The van der Waals surface area contributed by atoms with E-state index in [-0.39, 0.29) is 5.54 Å². The van der Waals surface area contributed by atoms with E-state index in [0.717, 1.165) is 36.0 Å². The smallest absolute Gasteiger partial charge is 0.0738 e. The van der Waals surface area contributed by atoms with Gasteiger partial charge in [0, 0.05) is 18.5 Å². The predicted molar refractivity (Wildman–Crippen MR) is 84.8 cm³/mol. The van der Waals surface area contributed by atoms with Crippen LogP contribution in [0, 0.1) is 6.92 Å². The summed E-state index contributed by atoms with van der Waals surface area (Å²) < 4.78 is 3.18. The van der Waals surface area contributed by atoms with Crippen molar-refractivity contribution >= 4 is 15.9 Å². The molecular weight excluding hydrogens is 314 g/mol. The minimum atomic E-state index is -0.189. The maximum Gasteiger partial charge on any atom is 0.0738 e. The quantitative estimate of drug-likeness (QED) is 0.938. The maximum absolute atomic E-state index is 6.68. The average Bonchev–Trinajstić information content (AvgIpc) is 2.89. The predicted octanol–water partition coefficient (Wildman–Crippen LogP) is 3.01. The van der Waals surface area contributed by atoms with Crippen LogP contribution in [0.1, 0.15) is 29.4 Å². The van der Waals surface area contributed by atoms with Crippen LogP contribution in [0.15, 0.2) is 28.7 Å². The number of fused-ring (bicyclic) bond motifs is 1. The second kappa shape index (κ2) is 5.01. The van der Waals surface area contributed by atoms with Crippen molar-refractivity contribution in [3.8, 4) is 0 Å². The summed E-state index contributed by atoms with van der Waals surface area (Å²) in [5.74, 6) is 0. The minimum absolute atomic E-state index is 0.189. The fraction of sp³-hybridized carbons (Fsp3) is 0.438. The van der Waals surface area contributed by atoms with Gasteiger partial charge in [0.05, 0.1) is 15.9 Å². The van der Waals surface area contributed by atoms with Crippen LogP contribution >= 0.6 is 15.9 Å². The highest BCUT2D eigenvalue weighted by Gasteiger charge is 2.35. The third kappa shape index (κ3) is 2.31. The Kier molecular flexibility index (Phi) is 3.46. The highest BCUT2D eigenvalue weighted by Crippen LogP contribution is 2.33. The van der Waals surface area contributed by atoms with Crippen molar-refractivity contribution in [3.05, 3.63) is 51.3 Å². The molecule has 1 aliphatic carbocycles. The Hall–Kier alpha value is -1.13. The molecule has 1 aliphatic rings. The molecule has 3 rings (SSSR count). The van der Waals surface area contributed by atoms with Gasteiger partial charge < -0.3 is 5.73 Å². The van der Waals surface area contributed by atoms with Crippen molar-refractivity contribution < 1.29 is 0 Å². The van der Waals surface area contributed by atoms with E-state index in [4.69, 9.17) is 5.73 Å². The van der Waals surface area contributed by atoms with Gasteiger partial charge in [-0.1, -0.05) is 24.3 Å². The van der Waals surface area contributed by atoms with Crippen LogP contribution in [-0.2, 0) is 25.8 Å². The number of nitrogens with two attached hydrogens (primary N) is 1. The molecule has 106 valence electrons. The van der Waals surface area contributed by atoms with E-state index in [2.05, 4.69) is 56.9 Å². The van der Waals surface area contributed by atoms with E-state index >= 15 is 0 Å². The number of hydrogen-bond donors (Lipinski definition) is 1. The van der Waals surface area contributed by atoms with Gasteiger partial charge in [0.2, 0.25) is 0 Å². The molecule has 0 atom stereocenters. The van der Waals surface area contributed by atoms with Gasteiger partial charge in [0.25, 0.3) is 0 Å². The molecule has 0 unspecified atom stereocenters. The van der Waals surface area contributed by atoms with Crippen molar-refractivity contribution in [2.45, 2.75) is 45.2 Å². The topological polar surface area (TPSA) is 43.8 Å². The first kappa shape index (κ1) is 13.8. The highest BCUT2D eigenvalue weighted by molar-refractivity contribution is 9.10. The molecule has 1 aromatic carbocycles. The Labute approximate surface area is 128 Å². The van der Waals surface area contributed by atoms with Gasteiger partial charge in [-0.05, 0) is 53.7 Å². The monoisotopic (exact) mass is 333 g/mol. The number of aromatic nitrogens is 2. The zero-order valence-electron chi connectivity index (χ0n) is 12.0. The molecule has 2 aromatic rings. The van der Waals surface area contributed by atoms with E-state index in [1.165, 1.54) is 16.8 Å². The summed E-state index contributed by atoms with van der Waals surface area (Å²) in [5, 5.41) is 4.57. The summed E-state index contributed by atoms with van der Waals surface area (Å²) in [5.41, 5.74) is 11.5. The van der Waals surface area contributed by atoms with E-state index in [9.17, 15) is 0 Å². The minimum Gasteiger partial charge on any atom is -0.324 e. The molecule has 3 nitrogen and oxygen atoms in total. The Morgan fingerprint density at radius 1 is 1.30 bits per heavy atom. The van der Waals surface area contributed by atoms with Crippen LogP contribution in [0.25, 0.3) is 0 Å². The van der Waals surface area contributed by atoms with Gasteiger partial charge in [-0.3, -0.25) is 4.68 Å². The molecule has 0 amide bonds. The second-order valence-electron chi connectivity index (χ2n) is 5.82.